The summed E-state index contributed by atoms with van der Waals surface area (Å²) in [5.74, 6) is -2.03. The molecule has 26 heavy (non-hydrogen) atoms. The summed E-state index contributed by atoms with van der Waals surface area (Å²) in [6.07, 6.45) is 8.16. The van der Waals surface area contributed by atoms with Crippen LogP contribution < -0.4 is 4.90 Å². The molecule has 1 unspecified atom stereocenters. The van der Waals surface area contributed by atoms with Gasteiger partial charge in [-0.05, 0) is 23.7 Å². The first-order valence-corrected chi connectivity index (χ1v) is 8.65. The lowest BCUT2D eigenvalue weighted by atomic mass is 9.60. The van der Waals surface area contributed by atoms with E-state index in [9.17, 15) is 20.5 Å². The van der Waals surface area contributed by atoms with Crippen LogP contribution in [0.25, 0.3) is 0 Å². The SMILES string of the molecule is O=[N+]([O-])[C@@]12c3no[n+]([O-])c3[C@H]3C(=[N+]([O-])O[C@@H]4C=CC[C@H]34)C1[C@H]1C=C[C@@H]2C1. The largest absolute Gasteiger partial charge is 0.396 e. The molecular weight excluding hydrogens is 344 g/mol. The summed E-state index contributed by atoms with van der Waals surface area (Å²) >= 11 is 0. The summed E-state index contributed by atoms with van der Waals surface area (Å²) in [5.41, 5.74) is -1.21. The second-order valence-corrected chi connectivity index (χ2v) is 7.67. The summed E-state index contributed by atoms with van der Waals surface area (Å²) in [5, 5.41) is 41.4. The van der Waals surface area contributed by atoms with E-state index in [2.05, 4.69) is 5.16 Å². The first-order chi connectivity index (χ1) is 12.5. The van der Waals surface area contributed by atoms with Crippen molar-refractivity contribution in [3.05, 3.63) is 56.2 Å². The number of hydrogen-bond acceptors (Lipinski definition) is 7. The van der Waals surface area contributed by atoms with E-state index in [0.29, 0.717) is 17.7 Å². The van der Waals surface area contributed by atoms with E-state index < -0.39 is 29.4 Å². The van der Waals surface area contributed by atoms with Gasteiger partial charge in [-0.1, -0.05) is 24.3 Å². The van der Waals surface area contributed by atoms with Gasteiger partial charge in [0.1, 0.15) is 11.8 Å². The summed E-state index contributed by atoms with van der Waals surface area (Å²) < 4.78 is 4.83. The van der Waals surface area contributed by atoms with Crippen LogP contribution in [0, 0.1) is 44.2 Å². The number of nitro groups is 1. The van der Waals surface area contributed by atoms with Crippen LogP contribution in [0.3, 0.4) is 0 Å². The van der Waals surface area contributed by atoms with E-state index in [-0.39, 0.29) is 38.8 Å². The minimum absolute atomic E-state index is 0.0778. The molecule has 10 nitrogen and oxygen atoms in total. The van der Waals surface area contributed by atoms with E-state index in [4.69, 9.17) is 9.47 Å². The fourth-order valence-electron chi connectivity index (χ4n) is 6.00. The number of fused-ring (bicyclic) bond motifs is 12. The van der Waals surface area contributed by atoms with Gasteiger partial charge in [-0.2, -0.15) is 0 Å². The minimum atomic E-state index is -1.65. The van der Waals surface area contributed by atoms with Crippen molar-refractivity contribution in [3.8, 4) is 0 Å². The summed E-state index contributed by atoms with van der Waals surface area (Å²) in [7, 11) is 0. The van der Waals surface area contributed by atoms with Crippen LogP contribution in [0.4, 0.5) is 0 Å². The molecule has 4 aliphatic carbocycles. The van der Waals surface area contributed by atoms with Gasteiger partial charge in [0.25, 0.3) is 5.69 Å². The number of nitrogens with zero attached hydrogens (tertiary/aromatic N) is 4. The molecule has 134 valence electrons. The van der Waals surface area contributed by atoms with E-state index in [1.165, 1.54) is 0 Å². The second kappa shape index (κ2) is 4.25. The fourth-order valence-corrected chi connectivity index (χ4v) is 6.00. The van der Waals surface area contributed by atoms with Crippen molar-refractivity contribution in [1.29, 1.82) is 0 Å². The van der Waals surface area contributed by atoms with E-state index in [1.54, 1.807) is 12.2 Å². The van der Waals surface area contributed by atoms with Crippen molar-refractivity contribution in [2.75, 3.05) is 0 Å². The van der Waals surface area contributed by atoms with E-state index in [0.717, 1.165) is 0 Å². The van der Waals surface area contributed by atoms with Gasteiger partial charge in [-0.25, -0.2) is 0 Å². The standard InChI is InChI=1S/C16H14N4O6/c21-18-13-11(9-2-1-3-10(9)25-18)14-15(17-26-19(14)22)16(20(23)24)8-5-4-7(6-8)12(13)16/h1,3-5,7-12H,2,6H2/t7-,8+,9-,10+,11+,12?,16+/m0/s1. The van der Waals surface area contributed by atoms with Crippen molar-refractivity contribution in [2.45, 2.75) is 30.4 Å². The Morgan fingerprint density at radius 3 is 2.96 bits per heavy atom. The van der Waals surface area contributed by atoms with Crippen LogP contribution in [0.2, 0.25) is 0 Å². The highest BCUT2D eigenvalue weighted by Crippen LogP contribution is 2.63. The van der Waals surface area contributed by atoms with Crippen LogP contribution in [-0.4, -0.2) is 26.8 Å². The van der Waals surface area contributed by atoms with Gasteiger partial charge in [-0.15, -0.1) is 0 Å². The molecule has 6 rings (SSSR count). The molecule has 0 spiro atoms. The van der Waals surface area contributed by atoms with Crippen LogP contribution in [0.15, 0.2) is 28.9 Å². The topological polar surface area (TPSA) is 131 Å². The number of aromatic nitrogens is 2. The molecule has 5 aliphatic rings. The van der Waals surface area contributed by atoms with Crippen molar-refractivity contribution < 1.29 is 24.2 Å². The van der Waals surface area contributed by atoms with E-state index >= 15 is 0 Å². The molecule has 1 saturated carbocycles. The first-order valence-electron chi connectivity index (χ1n) is 8.65. The quantitative estimate of drug-likeness (QED) is 0.310. The minimum Gasteiger partial charge on any atom is -0.396 e. The number of rotatable bonds is 1. The highest BCUT2D eigenvalue weighted by atomic mass is 16.9. The van der Waals surface area contributed by atoms with Gasteiger partial charge in [0.05, 0.1) is 12.0 Å². The van der Waals surface area contributed by atoms with E-state index in [1.807, 2.05) is 12.2 Å². The zero-order valence-corrected chi connectivity index (χ0v) is 13.4. The Balaban J connectivity index is 1.70. The summed E-state index contributed by atoms with van der Waals surface area (Å²) in [4.78, 5) is 18.1. The smallest absolute Gasteiger partial charge is 0.311 e. The highest BCUT2D eigenvalue weighted by Gasteiger charge is 2.79. The molecule has 0 aromatic carbocycles. The van der Waals surface area contributed by atoms with Crippen molar-refractivity contribution in [2.24, 2.45) is 23.7 Å². The Morgan fingerprint density at radius 2 is 2.15 bits per heavy atom. The summed E-state index contributed by atoms with van der Waals surface area (Å²) in [6.45, 7) is 0. The number of hydrogen-bond donors (Lipinski definition) is 0. The maximum absolute atomic E-state index is 12.8. The third-order valence-corrected chi connectivity index (χ3v) is 6.86. The second-order valence-electron chi connectivity index (χ2n) is 7.67. The van der Waals surface area contributed by atoms with Gasteiger partial charge in [0.15, 0.2) is 0 Å². The first kappa shape index (κ1) is 14.3. The van der Waals surface area contributed by atoms with Crippen molar-refractivity contribution in [3.63, 3.8) is 0 Å². The average Bonchev–Trinajstić information content (AvgIpc) is 3.36. The van der Waals surface area contributed by atoms with Crippen LogP contribution in [-0.2, 0) is 10.4 Å². The molecular formula is C16H14N4O6. The third kappa shape index (κ3) is 1.29. The van der Waals surface area contributed by atoms with Gasteiger partial charge in [0.2, 0.25) is 11.4 Å². The predicted molar refractivity (Wildman–Crippen MR) is 81.9 cm³/mol. The third-order valence-electron chi connectivity index (χ3n) is 6.86. The highest BCUT2D eigenvalue weighted by molar-refractivity contribution is 5.93. The van der Waals surface area contributed by atoms with Crippen molar-refractivity contribution in [1.82, 2.24) is 5.16 Å². The monoisotopic (exact) mass is 358 g/mol. The molecule has 1 aliphatic heterocycles. The lowest BCUT2D eigenvalue weighted by molar-refractivity contribution is -0.811. The zero-order chi connectivity index (χ0) is 17.8. The Kier molecular flexibility index (Phi) is 2.33. The summed E-state index contributed by atoms with van der Waals surface area (Å²) in [6, 6.07) is 0. The van der Waals surface area contributed by atoms with Gasteiger partial charge < -0.3 is 10.0 Å². The maximum Gasteiger partial charge on any atom is 0.311 e. The van der Waals surface area contributed by atoms with Crippen LogP contribution >= 0.6 is 0 Å². The molecule has 1 aromatic rings. The van der Waals surface area contributed by atoms with Crippen LogP contribution in [0.1, 0.15) is 30.1 Å². The lowest BCUT2D eigenvalue weighted by Gasteiger charge is -2.41. The number of allylic oxidation sites excluding steroid dienone is 2. The molecule has 1 aromatic heterocycles. The van der Waals surface area contributed by atoms with Crippen molar-refractivity contribution >= 4 is 5.71 Å². The molecule has 1 fully saturated rings. The van der Waals surface area contributed by atoms with Gasteiger partial charge in [-0.3, -0.25) is 20.0 Å². The molecule has 0 saturated heterocycles. The Hall–Kier alpha value is -2.91. The molecule has 0 radical (unpaired) electrons. The Labute approximate surface area is 146 Å². The lowest BCUT2D eigenvalue weighted by Crippen LogP contribution is -2.60. The Morgan fingerprint density at radius 1 is 1.31 bits per heavy atom. The van der Waals surface area contributed by atoms with Gasteiger partial charge >= 0.3 is 5.54 Å². The Bertz CT molecular complexity index is 951. The molecule has 0 N–H and O–H groups in total. The van der Waals surface area contributed by atoms with Gasteiger partial charge in [0, 0.05) is 20.9 Å². The molecule has 2 bridgehead atoms. The molecule has 2 heterocycles. The van der Waals surface area contributed by atoms with Crippen LogP contribution in [0.5, 0.6) is 0 Å². The average molecular weight is 358 g/mol. The zero-order valence-electron chi connectivity index (χ0n) is 13.4. The normalized spacial score (nSPS) is 43.7. The fraction of sp³-hybridized carbons (Fsp3) is 0.562. The maximum atomic E-state index is 12.8. The molecule has 0 amide bonds. The molecule has 10 heteroatoms. The predicted octanol–water partition coefficient (Wildman–Crippen LogP) is 0.540. The molecule has 7 atom stereocenters.